The quantitative estimate of drug-likeness (QED) is 0.781. The van der Waals surface area contributed by atoms with E-state index in [2.05, 4.69) is 41.0 Å². The van der Waals surface area contributed by atoms with E-state index in [0.717, 1.165) is 50.3 Å². The molecule has 0 aromatic heterocycles. The molecule has 0 atom stereocenters. The molecule has 2 aromatic carbocycles. The Balaban J connectivity index is 1.27. The third-order valence-corrected chi connectivity index (χ3v) is 6.26. The van der Waals surface area contributed by atoms with Crippen molar-refractivity contribution in [1.29, 1.82) is 0 Å². The second-order valence-electron chi connectivity index (χ2n) is 8.19. The number of carbonyl (C=O) groups is 1. The van der Waals surface area contributed by atoms with E-state index in [0.29, 0.717) is 19.1 Å². The van der Waals surface area contributed by atoms with Crippen molar-refractivity contribution < 1.29 is 9.53 Å². The molecule has 0 N–H and O–H groups in total. The van der Waals surface area contributed by atoms with Crippen molar-refractivity contribution in [3.8, 4) is 5.75 Å². The fourth-order valence-electron chi connectivity index (χ4n) is 4.40. The summed E-state index contributed by atoms with van der Waals surface area (Å²) >= 11 is 0. The van der Waals surface area contributed by atoms with Crippen LogP contribution >= 0.6 is 0 Å². The summed E-state index contributed by atoms with van der Waals surface area (Å²) in [6, 6.07) is 17.3. The lowest BCUT2D eigenvalue weighted by molar-refractivity contribution is -0.138. The molecule has 2 fully saturated rings. The minimum absolute atomic E-state index is 0.244. The molecule has 0 bridgehead atoms. The van der Waals surface area contributed by atoms with Crippen LogP contribution in [0.15, 0.2) is 48.5 Å². The standard InChI is InChI=1S/C24H31N3O2/c1-19-3-7-21(8-4-19)25-13-11-22(12-14-25)26-15-16-27(24(28)18-26)17-20-5-9-23(29-2)10-6-20/h3-10,22H,11-18H2,1-2H3. The Morgan fingerprint density at radius 2 is 1.62 bits per heavy atom. The van der Waals surface area contributed by atoms with Gasteiger partial charge in [0.05, 0.1) is 13.7 Å². The fraction of sp³-hybridized carbons (Fsp3) is 0.458. The van der Waals surface area contributed by atoms with Crippen molar-refractivity contribution in [1.82, 2.24) is 9.80 Å². The maximum Gasteiger partial charge on any atom is 0.237 e. The van der Waals surface area contributed by atoms with Gasteiger partial charge >= 0.3 is 0 Å². The number of nitrogens with zero attached hydrogens (tertiary/aromatic N) is 3. The summed E-state index contributed by atoms with van der Waals surface area (Å²) in [5, 5.41) is 0. The molecule has 154 valence electrons. The summed E-state index contributed by atoms with van der Waals surface area (Å²) < 4.78 is 5.21. The predicted molar refractivity (Wildman–Crippen MR) is 116 cm³/mol. The van der Waals surface area contributed by atoms with Gasteiger partial charge in [0.15, 0.2) is 0 Å². The molecule has 2 saturated heterocycles. The van der Waals surface area contributed by atoms with Gasteiger partial charge in [-0.3, -0.25) is 9.69 Å². The summed E-state index contributed by atoms with van der Waals surface area (Å²) in [6.07, 6.45) is 2.25. The molecule has 0 spiro atoms. The lowest BCUT2D eigenvalue weighted by Crippen LogP contribution is -2.55. The first-order valence-corrected chi connectivity index (χ1v) is 10.6. The van der Waals surface area contributed by atoms with Crippen LogP contribution in [0.25, 0.3) is 0 Å². The predicted octanol–water partition coefficient (Wildman–Crippen LogP) is 3.32. The largest absolute Gasteiger partial charge is 0.497 e. The van der Waals surface area contributed by atoms with Crippen LogP contribution in [0.4, 0.5) is 5.69 Å². The second-order valence-corrected chi connectivity index (χ2v) is 8.19. The number of piperidine rings is 1. The molecule has 2 aliphatic heterocycles. The normalized spacial score (nSPS) is 18.9. The first-order valence-electron chi connectivity index (χ1n) is 10.6. The van der Waals surface area contributed by atoms with Crippen LogP contribution in [0.5, 0.6) is 5.75 Å². The van der Waals surface area contributed by atoms with Gasteiger partial charge in [0.1, 0.15) is 5.75 Å². The fourth-order valence-corrected chi connectivity index (χ4v) is 4.40. The SMILES string of the molecule is COc1ccc(CN2CCN(C3CCN(c4ccc(C)cc4)CC3)CC2=O)cc1. The number of methoxy groups -OCH3 is 1. The van der Waals surface area contributed by atoms with Crippen molar-refractivity contribution in [3.05, 3.63) is 59.7 Å². The lowest BCUT2D eigenvalue weighted by atomic mass is 10.0. The number of hydrogen-bond acceptors (Lipinski definition) is 4. The van der Waals surface area contributed by atoms with Crippen molar-refractivity contribution in [2.75, 3.05) is 44.7 Å². The molecule has 2 heterocycles. The van der Waals surface area contributed by atoms with Crippen molar-refractivity contribution in [2.45, 2.75) is 32.4 Å². The van der Waals surface area contributed by atoms with Crippen molar-refractivity contribution in [3.63, 3.8) is 0 Å². The molecule has 0 radical (unpaired) electrons. The Labute approximate surface area is 173 Å². The average Bonchev–Trinajstić information content (AvgIpc) is 2.76. The molecule has 2 aromatic rings. The second kappa shape index (κ2) is 8.87. The first kappa shape index (κ1) is 19.8. The Morgan fingerprint density at radius 3 is 2.24 bits per heavy atom. The topological polar surface area (TPSA) is 36.0 Å². The monoisotopic (exact) mass is 393 g/mol. The highest BCUT2D eigenvalue weighted by atomic mass is 16.5. The maximum absolute atomic E-state index is 12.7. The smallest absolute Gasteiger partial charge is 0.237 e. The number of benzene rings is 2. The van der Waals surface area contributed by atoms with Crippen molar-refractivity contribution >= 4 is 11.6 Å². The number of carbonyl (C=O) groups excluding carboxylic acids is 1. The summed E-state index contributed by atoms with van der Waals surface area (Å²) in [6.45, 7) is 7.26. The average molecular weight is 394 g/mol. The summed E-state index contributed by atoms with van der Waals surface area (Å²) in [5.41, 5.74) is 3.77. The highest BCUT2D eigenvalue weighted by Crippen LogP contribution is 2.24. The molecule has 5 heteroatoms. The molecule has 0 aliphatic carbocycles. The van der Waals surface area contributed by atoms with E-state index in [1.165, 1.54) is 11.3 Å². The van der Waals surface area contributed by atoms with E-state index < -0.39 is 0 Å². The van der Waals surface area contributed by atoms with E-state index in [9.17, 15) is 4.79 Å². The number of anilines is 1. The highest BCUT2D eigenvalue weighted by molar-refractivity contribution is 5.79. The number of rotatable bonds is 5. The van der Waals surface area contributed by atoms with E-state index in [4.69, 9.17) is 4.74 Å². The number of hydrogen-bond donors (Lipinski definition) is 0. The molecule has 29 heavy (non-hydrogen) atoms. The Morgan fingerprint density at radius 1 is 0.931 bits per heavy atom. The van der Waals surface area contributed by atoms with Gasteiger partial charge in [-0.1, -0.05) is 29.8 Å². The van der Waals surface area contributed by atoms with Gasteiger partial charge in [0.25, 0.3) is 0 Å². The van der Waals surface area contributed by atoms with E-state index in [1.54, 1.807) is 7.11 Å². The summed E-state index contributed by atoms with van der Waals surface area (Å²) in [5.74, 6) is 1.09. The molecule has 4 rings (SSSR count). The molecular weight excluding hydrogens is 362 g/mol. The highest BCUT2D eigenvalue weighted by Gasteiger charge is 2.31. The van der Waals surface area contributed by atoms with Crippen LogP contribution in [0.3, 0.4) is 0 Å². The van der Waals surface area contributed by atoms with E-state index >= 15 is 0 Å². The minimum atomic E-state index is 0.244. The van der Waals surface area contributed by atoms with Crippen LogP contribution in [-0.4, -0.2) is 61.6 Å². The third-order valence-electron chi connectivity index (χ3n) is 6.26. The van der Waals surface area contributed by atoms with E-state index in [1.807, 2.05) is 29.2 Å². The zero-order valence-electron chi connectivity index (χ0n) is 17.5. The minimum Gasteiger partial charge on any atom is -0.497 e. The zero-order valence-corrected chi connectivity index (χ0v) is 17.5. The Kier molecular flexibility index (Phi) is 6.05. The van der Waals surface area contributed by atoms with Gasteiger partial charge in [0.2, 0.25) is 5.91 Å². The first-order chi connectivity index (χ1) is 14.1. The van der Waals surface area contributed by atoms with Crippen LogP contribution in [-0.2, 0) is 11.3 Å². The number of aryl methyl sites for hydroxylation is 1. The van der Waals surface area contributed by atoms with Gasteiger partial charge in [-0.25, -0.2) is 0 Å². The molecule has 2 aliphatic rings. The number of amides is 1. The molecule has 0 saturated carbocycles. The molecule has 0 unspecified atom stereocenters. The summed E-state index contributed by atoms with van der Waals surface area (Å²) in [7, 11) is 1.67. The molecule has 5 nitrogen and oxygen atoms in total. The number of piperazine rings is 1. The van der Waals surface area contributed by atoms with Crippen LogP contribution in [0.1, 0.15) is 24.0 Å². The van der Waals surface area contributed by atoms with Crippen molar-refractivity contribution in [2.24, 2.45) is 0 Å². The van der Waals surface area contributed by atoms with E-state index in [-0.39, 0.29) is 5.91 Å². The lowest BCUT2D eigenvalue weighted by Gasteiger charge is -2.43. The summed E-state index contributed by atoms with van der Waals surface area (Å²) in [4.78, 5) is 19.6. The van der Waals surface area contributed by atoms with Gasteiger partial charge in [-0.15, -0.1) is 0 Å². The Hall–Kier alpha value is -2.53. The van der Waals surface area contributed by atoms with Gasteiger partial charge in [-0.05, 0) is 49.6 Å². The van der Waals surface area contributed by atoms with Gasteiger partial charge in [0, 0.05) is 44.5 Å². The Bertz CT molecular complexity index is 811. The molecule has 1 amide bonds. The van der Waals surface area contributed by atoms with Crippen LogP contribution in [0, 0.1) is 6.92 Å². The molecular formula is C24H31N3O2. The van der Waals surface area contributed by atoms with Gasteiger partial charge < -0.3 is 14.5 Å². The zero-order chi connectivity index (χ0) is 20.2. The maximum atomic E-state index is 12.7. The number of ether oxygens (including phenoxy) is 1. The van der Waals surface area contributed by atoms with Gasteiger partial charge in [-0.2, -0.15) is 0 Å². The van der Waals surface area contributed by atoms with Crippen LogP contribution in [0.2, 0.25) is 0 Å². The van der Waals surface area contributed by atoms with Crippen LogP contribution < -0.4 is 9.64 Å². The third kappa shape index (κ3) is 4.73.